The number of pyridine rings is 1. The van der Waals surface area contributed by atoms with Crippen molar-refractivity contribution in [2.24, 2.45) is 5.92 Å². The number of piperidine rings is 1. The molecule has 2 saturated carbocycles. The van der Waals surface area contributed by atoms with Crippen LogP contribution in [0.4, 0.5) is 14.5 Å². The first-order valence-electron chi connectivity index (χ1n) is 14.2. The molecule has 9 nitrogen and oxygen atoms in total. The highest BCUT2D eigenvalue weighted by molar-refractivity contribution is 6.05. The fraction of sp³-hybridized carbons (Fsp3) is 0.433. The Balaban J connectivity index is 0.982. The van der Waals surface area contributed by atoms with Crippen LogP contribution in [0.15, 0.2) is 30.5 Å². The van der Waals surface area contributed by atoms with Crippen LogP contribution in [0.2, 0.25) is 0 Å². The summed E-state index contributed by atoms with van der Waals surface area (Å²) < 4.78 is 30.4. The third kappa shape index (κ3) is 4.66. The zero-order chi connectivity index (χ0) is 28.4. The van der Waals surface area contributed by atoms with Crippen LogP contribution in [0, 0.1) is 24.5 Å². The van der Waals surface area contributed by atoms with Gasteiger partial charge in [-0.05, 0) is 68.7 Å². The number of anilines is 1. The van der Waals surface area contributed by atoms with E-state index in [9.17, 15) is 23.2 Å². The number of amides is 3. The Morgan fingerprint density at radius 3 is 2.61 bits per heavy atom. The molecule has 212 valence electrons. The topological polar surface area (TPSA) is 109 Å². The second-order valence-corrected chi connectivity index (χ2v) is 11.7. The van der Waals surface area contributed by atoms with Crippen LogP contribution in [-0.2, 0) is 16.1 Å². The molecule has 1 saturated heterocycles. The molecule has 0 spiro atoms. The smallest absolute Gasteiger partial charge is 0.255 e. The second kappa shape index (κ2) is 9.74. The van der Waals surface area contributed by atoms with E-state index in [0.717, 1.165) is 55.2 Å². The number of hydrogen-bond acceptors (Lipinski definition) is 6. The molecule has 4 heterocycles. The third-order valence-electron chi connectivity index (χ3n) is 8.79. The Morgan fingerprint density at radius 1 is 1.05 bits per heavy atom. The quantitative estimate of drug-likeness (QED) is 0.419. The van der Waals surface area contributed by atoms with E-state index in [-0.39, 0.29) is 35.7 Å². The highest BCUT2D eigenvalue weighted by atomic mass is 19.1. The van der Waals surface area contributed by atoms with Crippen LogP contribution < -0.4 is 10.6 Å². The summed E-state index contributed by atoms with van der Waals surface area (Å²) in [4.78, 5) is 42.5. The average Bonchev–Trinajstić information content (AvgIpc) is 3.59. The molecule has 1 atom stereocenters. The first-order valence-corrected chi connectivity index (χ1v) is 14.2. The number of hydrogen-bond donors (Lipinski definition) is 2. The number of aromatic nitrogens is 3. The first kappa shape index (κ1) is 25.8. The van der Waals surface area contributed by atoms with Crippen molar-refractivity contribution < 1.29 is 23.2 Å². The number of nitrogens with zero attached hydrogens (tertiary/aromatic N) is 4. The number of nitrogens with one attached hydrogen (secondary N) is 2. The van der Waals surface area contributed by atoms with E-state index in [1.165, 1.54) is 6.92 Å². The maximum absolute atomic E-state index is 14.7. The minimum Gasteiger partial charge on any atom is -0.385 e. The molecular weight excluding hydrogens is 530 g/mol. The SMILES string of the molecule is Cc1nc(-c2cn(C3CC(CNc4ccc5c(c4)CN(C4CCC(=O)NC4=O)C5=O)C3)nc2C2CC2)c(F)cc1F. The Bertz CT molecular complexity index is 1590. The van der Waals surface area contributed by atoms with Gasteiger partial charge in [0.2, 0.25) is 11.8 Å². The number of rotatable bonds is 7. The number of benzene rings is 1. The molecule has 3 aromatic rings. The van der Waals surface area contributed by atoms with Gasteiger partial charge in [0.25, 0.3) is 5.91 Å². The largest absolute Gasteiger partial charge is 0.385 e. The molecule has 1 aromatic carbocycles. The van der Waals surface area contributed by atoms with Crippen molar-refractivity contribution >= 4 is 23.4 Å². The maximum atomic E-state index is 14.7. The van der Waals surface area contributed by atoms with Crippen LogP contribution in [0.5, 0.6) is 0 Å². The van der Waals surface area contributed by atoms with Crippen LogP contribution >= 0.6 is 0 Å². The normalized spacial score (nSPS) is 23.8. The number of carbonyl (C=O) groups excluding carboxylic acids is 3. The van der Waals surface area contributed by atoms with Crippen LogP contribution in [0.3, 0.4) is 0 Å². The third-order valence-corrected chi connectivity index (χ3v) is 8.79. The molecule has 11 heteroatoms. The highest BCUT2D eigenvalue weighted by Gasteiger charge is 2.39. The zero-order valence-corrected chi connectivity index (χ0v) is 22.6. The Hall–Kier alpha value is -4.15. The van der Waals surface area contributed by atoms with Gasteiger partial charge in [0.05, 0.1) is 17.4 Å². The van der Waals surface area contributed by atoms with Gasteiger partial charge in [0, 0.05) is 54.5 Å². The summed E-state index contributed by atoms with van der Waals surface area (Å²) in [5.74, 6) is -1.49. The standard InChI is InChI=1S/C30H30F2N6O3/c1-15-23(31)11-24(32)28(34-15)22-14-38(36-27(22)17-2-3-17)20-8-16(9-20)12-33-19-4-5-21-18(10-19)13-37(30(21)41)25-6-7-26(39)35-29(25)40/h4-5,10-11,14,16-17,20,25,33H,2-3,6-9,12-13H2,1H3,(H,35,39,40). The average molecular weight is 561 g/mol. The lowest BCUT2D eigenvalue weighted by atomic mass is 9.80. The molecule has 2 aliphatic heterocycles. The van der Waals surface area contributed by atoms with Crippen LogP contribution in [0.25, 0.3) is 11.3 Å². The summed E-state index contributed by atoms with van der Waals surface area (Å²) >= 11 is 0. The Kier molecular flexibility index (Phi) is 6.13. The molecule has 4 aliphatic rings. The van der Waals surface area contributed by atoms with Crippen molar-refractivity contribution in [1.82, 2.24) is 25.0 Å². The Labute approximate surface area is 235 Å². The molecular formula is C30H30F2N6O3. The molecule has 3 fully saturated rings. The summed E-state index contributed by atoms with van der Waals surface area (Å²) in [6.45, 7) is 2.64. The summed E-state index contributed by atoms with van der Waals surface area (Å²) in [5.41, 5.74) is 4.22. The van der Waals surface area contributed by atoms with Crippen molar-refractivity contribution in [2.45, 2.75) is 70.0 Å². The maximum Gasteiger partial charge on any atom is 0.255 e. The second-order valence-electron chi connectivity index (χ2n) is 11.7. The van der Waals surface area contributed by atoms with Crippen LogP contribution in [0.1, 0.15) is 77.8 Å². The summed E-state index contributed by atoms with van der Waals surface area (Å²) in [7, 11) is 0. The van der Waals surface area contributed by atoms with Gasteiger partial charge in [-0.1, -0.05) is 0 Å². The predicted molar refractivity (Wildman–Crippen MR) is 145 cm³/mol. The number of aryl methyl sites for hydroxylation is 1. The van der Waals surface area contributed by atoms with Gasteiger partial charge in [-0.2, -0.15) is 5.10 Å². The van der Waals surface area contributed by atoms with Gasteiger partial charge >= 0.3 is 0 Å². The van der Waals surface area contributed by atoms with Gasteiger partial charge < -0.3 is 10.2 Å². The molecule has 41 heavy (non-hydrogen) atoms. The highest BCUT2D eigenvalue weighted by Crippen LogP contribution is 2.46. The number of carbonyl (C=O) groups is 3. The van der Waals surface area contributed by atoms with Crippen LogP contribution in [-0.4, -0.2) is 50.0 Å². The van der Waals surface area contributed by atoms with Crippen molar-refractivity contribution in [2.75, 3.05) is 11.9 Å². The van der Waals surface area contributed by atoms with Crippen molar-refractivity contribution in [3.05, 3.63) is 64.6 Å². The van der Waals surface area contributed by atoms with Crippen molar-refractivity contribution in [3.8, 4) is 11.3 Å². The first-order chi connectivity index (χ1) is 19.7. The van der Waals surface area contributed by atoms with Crippen molar-refractivity contribution in [3.63, 3.8) is 0 Å². The lowest BCUT2D eigenvalue weighted by Crippen LogP contribution is -2.52. The predicted octanol–water partition coefficient (Wildman–Crippen LogP) is 4.23. The minimum absolute atomic E-state index is 0.167. The van der Waals surface area contributed by atoms with E-state index < -0.39 is 23.6 Å². The van der Waals surface area contributed by atoms with Gasteiger partial charge in [0.1, 0.15) is 17.6 Å². The van der Waals surface area contributed by atoms with E-state index in [4.69, 9.17) is 5.10 Å². The monoisotopic (exact) mass is 560 g/mol. The van der Waals surface area contributed by atoms with E-state index in [2.05, 4.69) is 15.6 Å². The van der Waals surface area contributed by atoms with E-state index in [0.29, 0.717) is 35.9 Å². The molecule has 3 amide bonds. The fourth-order valence-electron chi connectivity index (χ4n) is 6.21. The number of imide groups is 1. The molecule has 0 radical (unpaired) electrons. The molecule has 0 bridgehead atoms. The van der Waals surface area contributed by atoms with Gasteiger partial charge in [-0.15, -0.1) is 0 Å². The van der Waals surface area contributed by atoms with Crippen molar-refractivity contribution in [1.29, 1.82) is 0 Å². The Morgan fingerprint density at radius 2 is 1.85 bits per heavy atom. The van der Waals surface area contributed by atoms with Gasteiger partial charge in [-0.25, -0.2) is 13.8 Å². The zero-order valence-electron chi connectivity index (χ0n) is 22.6. The van der Waals surface area contributed by atoms with E-state index in [1.54, 1.807) is 11.0 Å². The molecule has 2 aliphatic carbocycles. The number of fused-ring (bicyclic) bond motifs is 1. The molecule has 2 N–H and O–H groups in total. The minimum atomic E-state index is -0.665. The molecule has 1 unspecified atom stereocenters. The van der Waals surface area contributed by atoms with E-state index in [1.807, 2.05) is 23.0 Å². The lowest BCUT2D eigenvalue weighted by Gasteiger charge is -2.35. The summed E-state index contributed by atoms with van der Waals surface area (Å²) in [6, 6.07) is 6.12. The number of halogens is 2. The lowest BCUT2D eigenvalue weighted by molar-refractivity contribution is -0.136. The summed E-state index contributed by atoms with van der Waals surface area (Å²) in [6.07, 6.45) is 6.31. The summed E-state index contributed by atoms with van der Waals surface area (Å²) in [5, 5.41) is 10.6. The van der Waals surface area contributed by atoms with Gasteiger partial charge in [-0.3, -0.25) is 24.4 Å². The van der Waals surface area contributed by atoms with Gasteiger partial charge in [0.15, 0.2) is 5.82 Å². The molecule has 7 rings (SSSR count). The molecule has 2 aromatic heterocycles. The van der Waals surface area contributed by atoms with E-state index >= 15 is 0 Å². The fourth-order valence-corrected chi connectivity index (χ4v) is 6.21.